The van der Waals surface area contributed by atoms with Crippen LogP contribution in [0.1, 0.15) is 16.7 Å². The molecule has 2 aromatic rings. The monoisotopic (exact) mass is 209 g/mol. The Balaban J connectivity index is 2.31. The molecule has 0 aliphatic heterocycles. The van der Waals surface area contributed by atoms with E-state index >= 15 is 0 Å². The molecule has 0 bridgehead atoms. The molecule has 0 aromatic carbocycles. The van der Waals surface area contributed by atoms with Crippen molar-refractivity contribution in [3.8, 4) is 0 Å². The first-order chi connectivity index (χ1) is 6.81. The van der Waals surface area contributed by atoms with Crippen molar-refractivity contribution >= 4 is 11.3 Å². The Bertz CT molecular complexity index is 394. The van der Waals surface area contributed by atoms with Crippen LogP contribution in [-0.2, 0) is 7.05 Å². The number of thiophene rings is 1. The van der Waals surface area contributed by atoms with Crippen LogP contribution in [0.3, 0.4) is 0 Å². The van der Waals surface area contributed by atoms with E-state index in [4.69, 9.17) is 0 Å². The van der Waals surface area contributed by atoms with Crippen molar-refractivity contribution in [2.24, 2.45) is 7.05 Å². The maximum absolute atomic E-state index is 4.18. The lowest BCUT2D eigenvalue weighted by molar-refractivity contribution is 0.615. The van der Waals surface area contributed by atoms with Gasteiger partial charge in [0.1, 0.15) is 6.04 Å². The first kappa shape index (κ1) is 9.29. The maximum Gasteiger partial charge on any atom is 0.196 e. The number of aryl methyl sites for hydroxylation is 1. The molecule has 0 aliphatic rings. The van der Waals surface area contributed by atoms with Crippen LogP contribution >= 0.6 is 11.3 Å². The summed E-state index contributed by atoms with van der Waals surface area (Å²) in [6, 6.07) is 4.12. The molecular formula is C8H11N5S. The summed E-state index contributed by atoms with van der Waals surface area (Å²) >= 11 is 1.68. The van der Waals surface area contributed by atoms with Crippen LogP contribution in [0, 0.1) is 0 Å². The molecule has 6 heteroatoms. The Morgan fingerprint density at radius 3 is 2.93 bits per heavy atom. The van der Waals surface area contributed by atoms with Crippen LogP contribution in [-0.4, -0.2) is 27.3 Å². The molecule has 1 atom stereocenters. The highest BCUT2D eigenvalue weighted by molar-refractivity contribution is 7.10. The topological polar surface area (TPSA) is 55.6 Å². The van der Waals surface area contributed by atoms with E-state index in [9.17, 15) is 0 Å². The molecule has 5 nitrogen and oxygen atoms in total. The summed E-state index contributed by atoms with van der Waals surface area (Å²) in [6.07, 6.45) is 0. The van der Waals surface area contributed by atoms with E-state index in [1.165, 1.54) is 9.67 Å². The zero-order chi connectivity index (χ0) is 9.97. The molecule has 2 aromatic heterocycles. The van der Waals surface area contributed by atoms with Crippen molar-refractivity contribution in [2.75, 3.05) is 7.05 Å². The fourth-order valence-corrected chi connectivity index (χ4v) is 2.10. The molecule has 1 N–H and O–H groups in total. The van der Waals surface area contributed by atoms with Gasteiger partial charge in [-0.2, -0.15) is 4.80 Å². The number of hydrogen-bond donors (Lipinski definition) is 1. The Morgan fingerprint density at radius 1 is 1.57 bits per heavy atom. The zero-order valence-corrected chi connectivity index (χ0v) is 8.82. The van der Waals surface area contributed by atoms with Crippen LogP contribution in [0.4, 0.5) is 0 Å². The number of rotatable bonds is 3. The van der Waals surface area contributed by atoms with Gasteiger partial charge in [0.05, 0.1) is 7.05 Å². The van der Waals surface area contributed by atoms with Crippen molar-refractivity contribution in [1.82, 2.24) is 25.5 Å². The molecule has 0 aliphatic carbocycles. The van der Waals surface area contributed by atoms with Gasteiger partial charge in [0.15, 0.2) is 5.82 Å². The molecule has 1 unspecified atom stereocenters. The Labute approximate surface area is 85.8 Å². The molecule has 0 radical (unpaired) electrons. The molecule has 0 saturated carbocycles. The van der Waals surface area contributed by atoms with E-state index in [0.29, 0.717) is 5.82 Å². The fourth-order valence-electron chi connectivity index (χ4n) is 1.27. The minimum absolute atomic E-state index is 0.0451. The van der Waals surface area contributed by atoms with Crippen LogP contribution in [0.5, 0.6) is 0 Å². The second-order valence-electron chi connectivity index (χ2n) is 2.87. The van der Waals surface area contributed by atoms with Gasteiger partial charge in [0, 0.05) is 4.88 Å². The van der Waals surface area contributed by atoms with Gasteiger partial charge >= 0.3 is 0 Å². The van der Waals surface area contributed by atoms with E-state index in [0.717, 1.165) is 0 Å². The number of nitrogens with one attached hydrogen (secondary N) is 1. The van der Waals surface area contributed by atoms with Crippen LogP contribution < -0.4 is 5.32 Å². The molecule has 0 fully saturated rings. The smallest absolute Gasteiger partial charge is 0.196 e. The minimum Gasteiger partial charge on any atom is -0.306 e. The van der Waals surface area contributed by atoms with Crippen LogP contribution in [0.2, 0.25) is 0 Å². The predicted molar refractivity (Wildman–Crippen MR) is 54.0 cm³/mol. The highest BCUT2D eigenvalue weighted by Gasteiger charge is 2.17. The van der Waals surface area contributed by atoms with E-state index in [-0.39, 0.29) is 6.04 Å². The van der Waals surface area contributed by atoms with Gasteiger partial charge in [-0.3, -0.25) is 0 Å². The average Bonchev–Trinajstić information content (AvgIpc) is 2.79. The lowest BCUT2D eigenvalue weighted by Gasteiger charge is -2.08. The SMILES string of the molecule is CNC(c1nnn(C)n1)c1cccs1. The Hall–Kier alpha value is -1.27. The highest BCUT2D eigenvalue weighted by Crippen LogP contribution is 2.22. The fraction of sp³-hybridized carbons (Fsp3) is 0.375. The molecular weight excluding hydrogens is 198 g/mol. The summed E-state index contributed by atoms with van der Waals surface area (Å²) in [5.41, 5.74) is 0. The molecule has 0 spiro atoms. The summed E-state index contributed by atoms with van der Waals surface area (Å²) in [7, 11) is 3.65. The summed E-state index contributed by atoms with van der Waals surface area (Å²) in [6.45, 7) is 0. The van der Waals surface area contributed by atoms with Crippen molar-refractivity contribution in [3.05, 3.63) is 28.2 Å². The van der Waals surface area contributed by atoms with Gasteiger partial charge in [-0.05, 0) is 23.7 Å². The standard InChI is InChI=1S/C8H11N5S/c1-9-7(6-4-3-5-14-6)8-10-12-13(2)11-8/h3-5,7,9H,1-2H3. The van der Waals surface area contributed by atoms with E-state index in [1.54, 1.807) is 18.4 Å². The van der Waals surface area contributed by atoms with Gasteiger partial charge in [0.2, 0.25) is 0 Å². The second kappa shape index (κ2) is 3.85. The lowest BCUT2D eigenvalue weighted by Crippen LogP contribution is -2.18. The second-order valence-corrected chi connectivity index (χ2v) is 3.85. The summed E-state index contributed by atoms with van der Waals surface area (Å²) in [5, 5.41) is 17.2. The van der Waals surface area contributed by atoms with E-state index < -0.39 is 0 Å². The third kappa shape index (κ3) is 1.66. The van der Waals surface area contributed by atoms with Gasteiger partial charge in [-0.1, -0.05) is 6.07 Å². The Morgan fingerprint density at radius 2 is 2.43 bits per heavy atom. The molecule has 74 valence electrons. The maximum atomic E-state index is 4.18. The lowest BCUT2D eigenvalue weighted by atomic mass is 10.2. The predicted octanol–water partition coefficient (Wildman–Crippen LogP) is 0.580. The van der Waals surface area contributed by atoms with Gasteiger partial charge < -0.3 is 5.32 Å². The summed E-state index contributed by atoms with van der Waals surface area (Å²) < 4.78 is 0. The van der Waals surface area contributed by atoms with Crippen molar-refractivity contribution < 1.29 is 0 Å². The number of tetrazole rings is 1. The van der Waals surface area contributed by atoms with Gasteiger partial charge in [-0.25, -0.2) is 0 Å². The number of aromatic nitrogens is 4. The van der Waals surface area contributed by atoms with Crippen LogP contribution in [0.15, 0.2) is 17.5 Å². The third-order valence-electron chi connectivity index (χ3n) is 1.90. The average molecular weight is 209 g/mol. The minimum atomic E-state index is 0.0451. The van der Waals surface area contributed by atoms with Crippen molar-refractivity contribution in [3.63, 3.8) is 0 Å². The first-order valence-corrected chi connectivity index (χ1v) is 5.14. The van der Waals surface area contributed by atoms with Gasteiger partial charge in [0.25, 0.3) is 0 Å². The normalized spacial score (nSPS) is 13.0. The van der Waals surface area contributed by atoms with E-state index in [2.05, 4.69) is 26.8 Å². The number of hydrogen-bond acceptors (Lipinski definition) is 5. The third-order valence-corrected chi connectivity index (χ3v) is 2.84. The summed E-state index contributed by atoms with van der Waals surface area (Å²) in [4.78, 5) is 2.66. The van der Waals surface area contributed by atoms with Gasteiger partial charge in [-0.15, -0.1) is 21.5 Å². The summed E-state index contributed by atoms with van der Waals surface area (Å²) in [5.74, 6) is 0.706. The van der Waals surface area contributed by atoms with E-state index in [1.807, 2.05) is 18.5 Å². The molecule has 0 saturated heterocycles. The highest BCUT2D eigenvalue weighted by atomic mass is 32.1. The van der Waals surface area contributed by atoms with Crippen molar-refractivity contribution in [1.29, 1.82) is 0 Å². The van der Waals surface area contributed by atoms with Crippen LogP contribution in [0.25, 0.3) is 0 Å². The molecule has 2 heterocycles. The molecule has 0 amide bonds. The zero-order valence-electron chi connectivity index (χ0n) is 8.01. The first-order valence-electron chi connectivity index (χ1n) is 4.26. The largest absolute Gasteiger partial charge is 0.306 e. The quantitative estimate of drug-likeness (QED) is 0.803. The number of nitrogens with zero attached hydrogens (tertiary/aromatic N) is 4. The van der Waals surface area contributed by atoms with Crippen molar-refractivity contribution in [2.45, 2.75) is 6.04 Å². The Kier molecular flexibility index (Phi) is 2.55. The molecule has 14 heavy (non-hydrogen) atoms. The molecule has 2 rings (SSSR count).